The number of anilines is 2. The Hall–Kier alpha value is -3.52. The number of thiazole rings is 1. The molecule has 0 unspecified atom stereocenters. The highest BCUT2D eigenvalue weighted by Gasteiger charge is 2.14. The first-order valence-corrected chi connectivity index (χ1v) is 10.2. The van der Waals surface area contributed by atoms with Crippen LogP contribution in [0.2, 0.25) is 0 Å². The first-order valence-electron chi connectivity index (χ1n) is 9.41. The van der Waals surface area contributed by atoms with Crippen LogP contribution in [0, 0.1) is 6.92 Å². The molecule has 3 aromatic rings. The third kappa shape index (κ3) is 5.74. The molecule has 0 aliphatic rings. The number of hydrogen-bond donors (Lipinski definition) is 3. The van der Waals surface area contributed by atoms with Gasteiger partial charge in [0.15, 0.2) is 0 Å². The van der Waals surface area contributed by atoms with Crippen molar-refractivity contribution in [2.24, 2.45) is 0 Å². The van der Waals surface area contributed by atoms with Crippen molar-refractivity contribution in [3.63, 3.8) is 0 Å². The molecular formula is C22H22N4O3S. The molecule has 0 atom stereocenters. The molecule has 0 saturated heterocycles. The molecule has 3 N–H and O–H groups in total. The van der Waals surface area contributed by atoms with Crippen LogP contribution in [0.15, 0.2) is 54.6 Å². The summed E-state index contributed by atoms with van der Waals surface area (Å²) < 4.78 is 0. The molecule has 0 bridgehead atoms. The Morgan fingerprint density at radius 3 is 2.17 bits per heavy atom. The molecule has 0 radical (unpaired) electrons. The number of amides is 3. The Morgan fingerprint density at radius 1 is 0.900 bits per heavy atom. The topological polar surface area (TPSA) is 100 Å². The fraction of sp³-hybridized carbons (Fsp3) is 0.182. The fourth-order valence-corrected chi connectivity index (χ4v) is 3.83. The molecule has 1 heterocycles. The van der Waals surface area contributed by atoms with Crippen LogP contribution < -0.4 is 16.0 Å². The number of nitrogens with one attached hydrogen (secondary N) is 3. The van der Waals surface area contributed by atoms with Gasteiger partial charge in [-0.3, -0.25) is 14.4 Å². The standard InChI is InChI=1S/C22H22N4O3S/c1-14-19(30-22(24-14)16-6-4-3-5-7-16)12-13-23-20(28)21(29)26-18-10-8-17(9-11-18)25-15(2)27/h3-11H,12-13H2,1-2H3,(H,23,28)(H,25,27)(H,26,29). The maximum Gasteiger partial charge on any atom is 0.313 e. The zero-order valence-corrected chi connectivity index (χ0v) is 17.5. The van der Waals surface area contributed by atoms with Gasteiger partial charge in [0.05, 0.1) is 5.69 Å². The molecule has 1 aromatic heterocycles. The van der Waals surface area contributed by atoms with Crippen LogP contribution in [0.3, 0.4) is 0 Å². The van der Waals surface area contributed by atoms with Crippen LogP contribution in [0.5, 0.6) is 0 Å². The minimum Gasteiger partial charge on any atom is -0.347 e. The van der Waals surface area contributed by atoms with Gasteiger partial charge in [0.25, 0.3) is 0 Å². The highest BCUT2D eigenvalue weighted by Crippen LogP contribution is 2.27. The van der Waals surface area contributed by atoms with E-state index in [-0.39, 0.29) is 5.91 Å². The van der Waals surface area contributed by atoms with Crippen molar-refractivity contribution in [3.8, 4) is 10.6 Å². The van der Waals surface area contributed by atoms with Crippen molar-refractivity contribution in [2.75, 3.05) is 17.2 Å². The van der Waals surface area contributed by atoms with E-state index in [1.54, 1.807) is 35.6 Å². The molecule has 8 heteroatoms. The van der Waals surface area contributed by atoms with E-state index >= 15 is 0 Å². The van der Waals surface area contributed by atoms with Crippen molar-refractivity contribution in [1.82, 2.24) is 10.3 Å². The van der Waals surface area contributed by atoms with E-state index in [0.717, 1.165) is 21.1 Å². The van der Waals surface area contributed by atoms with Crippen molar-refractivity contribution in [3.05, 3.63) is 65.2 Å². The zero-order valence-electron chi connectivity index (χ0n) is 16.7. The summed E-state index contributed by atoms with van der Waals surface area (Å²) in [5, 5.41) is 8.74. The zero-order chi connectivity index (χ0) is 21.5. The van der Waals surface area contributed by atoms with Gasteiger partial charge in [-0.15, -0.1) is 11.3 Å². The molecule has 30 heavy (non-hydrogen) atoms. The number of benzene rings is 2. The van der Waals surface area contributed by atoms with E-state index < -0.39 is 11.8 Å². The molecule has 7 nitrogen and oxygen atoms in total. The van der Waals surface area contributed by atoms with E-state index in [9.17, 15) is 14.4 Å². The van der Waals surface area contributed by atoms with E-state index in [0.29, 0.717) is 24.3 Å². The number of carbonyl (C=O) groups is 3. The van der Waals surface area contributed by atoms with Gasteiger partial charge in [-0.2, -0.15) is 0 Å². The average Bonchev–Trinajstić information content (AvgIpc) is 3.10. The van der Waals surface area contributed by atoms with Crippen molar-refractivity contribution < 1.29 is 14.4 Å². The Labute approximate surface area is 178 Å². The van der Waals surface area contributed by atoms with Gasteiger partial charge >= 0.3 is 11.8 Å². The highest BCUT2D eigenvalue weighted by molar-refractivity contribution is 7.15. The minimum absolute atomic E-state index is 0.182. The quantitative estimate of drug-likeness (QED) is 0.530. The molecule has 0 aliphatic carbocycles. The smallest absolute Gasteiger partial charge is 0.313 e. The van der Waals surface area contributed by atoms with E-state index in [4.69, 9.17) is 0 Å². The van der Waals surface area contributed by atoms with E-state index in [2.05, 4.69) is 20.9 Å². The van der Waals surface area contributed by atoms with Gasteiger partial charge in [0, 0.05) is 41.7 Å². The van der Waals surface area contributed by atoms with Crippen LogP contribution in [-0.2, 0) is 20.8 Å². The summed E-state index contributed by atoms with van der Waals surface area (Å²) in [4.78, 5) is 40.8. The first-order chi connectivity index (χ1) is 14.4. The summed E-state index contributed by atoms with van der Waals surface area (Å²) in [5.41, 5.74) is 3.07. The summed E-state index contributed by atoms with van der Waals surface area (Å²) in [6.45, 7) is 3.69. The van der Waals surface area contributed by atoms with Crippen molar-refractivity contribution >= 4 is 40.4 Å². The second-order valence-electron chi connectivity index (χ2n) is 6.61. The van der Waals surface area contributed by atoms with Crippen LogP contribution in [-0.4, -0.2) is 29.3 Å². The SMILES string of the molecule is CC(=O)Nc1ccc(NC(=O)C(=O)NCCc2sc(-c3ccccc3)nc2C)cc1. The average molecular weight is 423 g/mol. The Balaban J connectivity index is 1.49. The van der Waals surface area contributed by atoms with Gasteiger partial charge in [0.2, 0.25) is 5.91 Å². The maximum absolute atomic E-state index is 12.1. The molecule has 0 saturated carbocycles. The van der Waals surface area contributed by atoms with Crippen LogP contribution >= 0.6 is 11.3 Å². The van der Waals surface area contributed by atoms with Gasteiger partial charge in [-0.05, 0) is 31.2 Å². The molecule has 0 spiro atoms. The number of nitrogens with zero attached hydrogens (tertiary/aromatic N) is 1. The summed E-state index contributed by atoms with van der Waals surface area (Å²) in [7, 11) is 0. The predicted molar refractivity (Wildman–Crippen MR) is 118 cm³/mol. The van der Waals surface area contributed by atoms with Crippen molar-refractivity contribution in [2.45, 2.75) is 20.3 Å². The predicted octanol–water partition coefficient (Wildman–Crippen LogP) is 3.37. The Kier molecular flexibility index (Phi) is 6.92. The first kappa shape index (κ1) is 21.2. The van der Waals surface area contributed by atoms with E-state index in [1.165, 1.54) is 6.92 Å². The van der Waals surface area contributed by atoms with E-state index in [1.807, 2.05) is 37.3 Å². The summed E-state index contributed by atoms with van der Waals surface area (Å²) in [6.07, 6.45) is 0.598. The Morgan fingerprint density at radius 2 is 1.53 bits per heavy atom. The molecule has 154 valence electrons. The van der Waals surface area contributed by atoms with Gasteiger partial charge in [0.1, 0.15) is 5.01 Å². The van der Waals surface area contributed by atoms with Crippen LogP contribution in [0.4, 0.5) is 11.4 Å². The second kappa shape index (κ2) is 9.80. The van der Waals surface area contributed by atoms with Gasteiger partial charge in [-0.1, -0.05) is 30.3 Å². The molecule has 0 aliphatic heterocycles. The summed E-state index contributed by atoms with van der Waals surface area (Å²) >= 11 is 1.59. The normalized spacial score (nSPS) is 10.3. The van der Waals surface area contributed by atoms with Crippen LogP contribution in [0.25, 0.3) is 10.6 Å². The molecule has 3 amide bonds. The maximum atomic E-state index is 12.1. The number of aryl methyl sites for hydroxylation is 1. The molecule has 0 fully saturated rings. The lowest BCUT2D eigenvalue weighted by Crippen LogP contribution is -2.36. The number of hydrogen-bond acceptors (Lipinski definition) is 5. The largest absolute Gasteiger partial charge is 0.347 e. The third-order valence-corrected chi connectivity index (χ3v) is 5.49. The monoisotopic (exact) mass is 422 g/mol. The van der Waals surface area contributed by atoms with Gasteiger partial charge < -0.3 is 16.0 Å². The lowest BCUT2D eigenvalue weighted by atomic mass is 10.2. The number of carbonyl (C=O) groups excluding carboxylic acids is 3. The lowest BCUT2D eigenvalue weighted by molar-refractivity contribution is -0.136. The summed E-state index contributed by atoms with van der Waals surface area (Å²) in [6, 6.07) is 16.4. The lowest BCUT2D eigenvalue weighted by Gasteiger charge is -2.07. The van der Waals surface area contributed by atoms with Crippen molar-refractivity contribution in [1.29, 1.82) is 0 Å². The number of rotatable bonds is 6. The second-order valence-corrected chi connectivity index (χ2v) is 7.70. The minimum atomic E-state index is -0.742. The summed E-state index contributed by atoms with van der Waals surface area (Å²) in [5.74, 6) is -1.63. The van der Waals surface area contributed by atoms with Crippen LogP contribution in [0.1, 0.15) is 17.5 Å². The third-order valence-electron chi connectivity index (χ3n) is 4.22. The molecular weight excluding hydrogens is 400 g/mol. The van der Waals surface area contributed by atoms with Gasteiger partial charge in [-0.25, -0.2) is 4.98 Å². The number of aromatic nitrogens is 1. The highest BCUT2D eigenvalue weighted by atomic mass is 32.1. The fourth-order valence-electron chi connectivity index (χ4n) is 2.76. The Bertz CT molecular complexity index is 1050. The molecule has 3 rings (SSSR count). The molecule has 2 aromatic carbocycles.